The van der Waals surface area contributed by atoms with Crippen LogP contribution in [-0.4, -0.2) is 37.7 Å². The summed E-state index contributed by atoms with van der Waals surface area (Å²) in [5, 5.41) is 6.55. The minimum Gasteiger partial charge on any atom is -0.484 e. The van der Waals surface area contributed by atoms with Crippen molar-refractivity contribution >= 4 is 28.2 Å². The van der Waals surface area contributed by atoms with E-state index in [-0.39, 0.29) is 24.5 Å². The van der Waals surface area contributed by atoms with E-state index in [1.165, 1.54) is 16.2 Å². The monoisotopic (exact) mass is 414 g/mol. The Morgan fingerprint density at radius 2 is 1.97 bits per heavy atom. The number of amides is 2. The molecule has 1 aromatic carbocycles. The number of nitrogens with one attached hydrogen (secondary N) is 2. The van der Waals surface area contributed by atoms with Crippen LogP contribution in [0.1, 0.15) is 46.5 Å². The molecule has 1 fully saturated rings. The van der Waals surface area contributed by atoms with E-state index >= 15 is 0 Å². The molecule has 29 heavy (non-hydrogen) atoms. The number of carbonyl (C=O) groups excluding carboxylic acids is 2. The van der Waals surface area contributed by atoms with E-state index in [1.54, 1.807) is 12.1 Å². The van der Waals surface area contributed by atoms with Crippen LogP contribution in [-0.2, 0) is 22.4 Å². The van der Waals surface area contributed by atoms with E-state index in [2.05, 4.69) is 10.6 Å². The number of benzene rings is 1. The molecule has 1 atom stereocenters. The highest BCUT2D eigenvalue weighted by Gasteiger charge is 2.27. The van der Waals surface area contributed by atoms with Crippen molar-refractivity contribution in [2.75, 3.05) is 25.1 Å². The van der Waals surface area contributed by atoms with Crippen LogP contribution in [0.15, 0.2) is 30.3 Å². The van der Waals surface area contributed by atoms with Gasteiger partial charge in [-0.2, -0.15) is 0 Å². The first kappa shape index (κ1) is 19.9. The summed E-state index contributed by atoms with van der Waals surface area (Å²) in [5.41, 5.74) is 1.71. The molecule has 4 rings (SSSR count). The van der Waals surface area contributed by atoms with Gasteiger partial charge in [-0.3, -0.25) is 9.59 Å². The summed E-state index contributed by atoms with van der Waals surface area (Å²) in [5.74, 6) is 0.252. The van der Waals surface area contributed by atoms with Gasteiger partial charge in [0.25, 0.3) is 11.8 Å². The summed E-state index contributed by atoms with van der Waals surface area (Å²) in [4.78, 5) is 26.6. The molecular formula is C22H26N2O4S. The van der Waals surface area contributed by atoms with Gasteiger partial charge < -0.3 is 20.1 Å². The van der Waals surface area contributed by atoms with E-state index in [1.807, 2.05) is 18.2 Å². The standard InChI is InChI=1S/C22H26N2O4S/c25-19(14-28-15-7-2-1-3-8-15)24-22-20(17-10-4-5-11-18(17)29-22)21(26)23-13-16-9-6-12-27-16/h1-3,7-8,16H,4-6,9-14H2,(H,23,26)(H,24,25). The average molecular weight is 415 g/mol. The molecule has 1 aliphatic heterocycles. The number of hydrogen-bond donors (Lipinski definition) is 2. The van der Waals surface area contributed by atoms with Crippen LogP contribution >= 0.6 is 11.3 Å². The zero-order chi connectivity index (χ0) is 20.1. The molecule has 2 aromatic rings. The van der Waals surface area contributed by atoms with Crippen LogP contribution < -0.4 is 15.4 Å². The summed E-state index contributed by atoms with van der Waals surface area (Å²) < 4.78 is 11.1. The van der Waals surface area contributed by atoms with E-state index in [4.69, 9.17) is 9.47 Å². The Bertz CT molecular complexity index is 859. The predicted molar refractivity (Wildman–Crippen MR) is 113 cm³/mol. The number of fused-ring (bicyclic) bond motifs is 1. The molecule has 1 aromatic heterocycles. The third kappa shape index (κ3) is 4.97. The molecule has 2 N–H and O–H groups in total. The van der Waals surface area contributed by atoms with Crippen molar-refractivity contribution in [2.45, 2.75) is 44.6 Å². The molecule has 1 aliphatic carbocycles. The molecule has 2 amide bonds. The smallest absolute Gasteiger partial charge is 0.262 e. The summed E-state index contributed by atoms with van der Waals surface area (Å²) >= 11 is 1.52. The lowest BCUT2D eigenvalue weighted by molar-refractivity contribution is -0.118. The molecule has 0 bridgehead atoms. The fourth-order valence-corrected chi connectivity index (χ4v) is 5.13. The van der Waals surface area contributed by atoms with Crippen LogP contribution in [0.25, 0.3) is 0 Å². The van der Waals surface area contributed by atoms with Crippen molar-refractivity contribution in [3.05, 3.63) is 46.3 Å². The lowest BCUT2D eigenvalue weighted by Gasteiger charge is -2.15. The predicted octanol–water partition coefficient (Wildman–Crippen LogP) is 3.55. The first-order valence-corrected chi connectivity index (χ1v) is 11.0. The van der Waals surface area contributed by atoms with Crippen LogP contribution in [0.2, 0.25) is 0 Å². The quantitative estimate of drug-likeness (QED) is 0.726. The zero-order valence-corrected chi connectivity index (χ0v) is 17.2. The van der Waals surface area contributed by atoms with Gasteiger partial charge in [0.15, 0.2) is 6.61 Å². The molecule has 0 saturated carbocycles. The van der Waals surface area contributed by atoms with Crippen LogP contribution in [0, 0.1) is 0 Å². The number of anilines is 1. The number of para-hydroxylation sites is 1. The zero-order valence-electron chi connectivity index (χ0n) is 16.4. The highest BCUT2D eigenvalue weighted by atomic mass is 32.1. The molecule has 2 heterocycles. The van der Waals surface area contributed by atoms with Gasteiger partial charge in [0.2, 0.25) is 0 Å². The summed E-state index contributed by atoms with van der Waals surface area (Å²) in [7, 11) is 0. The van der Waals surface area contributed by atoms with Gasteiger partial charge in [-0.05, 0) is 56.2 Å². The Balaban J connectivity index is 1.44. The van der Waals surface area contributed by atoms with Crippen LogP contribution in [0.5, 0.6) is 5.75 Å². The molecule has 1 saturated heterocycles. The highest BCUT2D eigenvalue weighted by molar-refractivity contribution is 7.17. The Hall–Kier alpha value is -2.38. The molecule has 7 heteroatoms. The average Bonchev–Trinajstić information content (AvgIpc) is 3.38. The first-order chi connectivity index (χ1) is 14.2. The van der Waals surface area contributed by atoms with Crippen molar-refractivity contribution in [1.82, 2.24) is 5.32 Å². The van der Waals surface area contributed by atoms with Gasteiger partial charge in [-0.1, -0.05) is 18.2 Å². The lowest BCUT2D eigenvalue weighted by Crippen LogP contribution is -2.33. The third-order valence-corrected chi connectivity index (χ3v) is 6.49. The number of aryl methyl sites for hydroxylation is 1. The Morgan fingerprint density at radius 3 is 2.76 bits per heavy atom. The largest absolute Gasteiger partial charge is 0.484 e. The number of hydrogen-bond acceptors (Lipinski definition) is 5. The van der Waals surface area contributed by atoms with Crippen molar-refractivity contribution in [3.63, 3.8) is 0 Å². The van der Waals surface area contributed by atoms with Crippen LogP contribution in [0.3, 0.4) is 0 Å². The first-order valence-electron chi connectivity index (χ1n) is 10.2. The van der Waals surface area contributed by atoms with Gasteiger partial charge in [0.05, 0.1) is 11.7 Å². The number of rotatable bonds is 7. The highest BCUT2D eigenvalue weighted by Crippen LogP contribution is 2.38. The van der Waals surface area contributed by atoms with E-state index < -0.39 is 0 Å². The van der Waals surface area contributed by atoms with E-state index in [0.29, 0.717) is 22.9 Å². The number of thiophene rings is 1. The number of carbonyl (C=O) groups is 2. The van der Waals surface area contributed by atoms with E-state index in [0.717, 1.165) is 50.7 Å². The minimum atomic E-state index is -0.263. The molecular weight excluding hydrogens is 388 g/mol. The Kier molecular flexibility index (Phi) is 6.46. The van der Waals surface area contributed by atoms with Crippen molar-refractivity contribution < 1.29 is 19.1 Å². The molecule has 6 nitrogen and oxygen atoms in total. The third-order valence-electron chi connectivity index (χ3n) is 5.28. The molecule has 0 spiro atoms. The maximum atomic E-state index is 13.0. The topological polar surface area (TPSA) is 76.7 Å². The normalized spacial score (nSPS) is 18.1. The Morgan fingerprint density at radius 1 is 1.14 bits per heavy atom. The SMILES string of the molecule is O=C(COc1ccccc1)Nc1sc2c(c1C(=O)NCC1CCCO1)CCCC2. The van der Waals surface area contributed by atoms with E-state index in [9.17, 15) is 9.59 Å². The lowest BCUT2D eigenvalue weighted by atomic mass is 9.95. The van der Waals surface area contributed by atoms with Gasteiger partial charge in [0, 0.05) is 18.0 Å². The maximum Gasteiger partial charge on any atom is 0.262 e. The second kappa shape index (κ2) is 9.41. The van der Waals surface area contributed by atoms with Crippen LogP contribution in [0.4, 0.5) is 5.00 Å². The summed E-state index contributed by atoms with van der Waals surface area (Å²) in [6.07, 6.45) is 6.13. The molecule has 1 unspecified atom stereocenters. The fraction of sp³-hybridized carbons (Fsp3) is 0.455. The minimum absolute atomic E-state index is 0.0886. The van der Waals surface area contributed by atoms with Gasteiger partial charge >= 0.3 is 0 Å². The fourth-order valence-electron chi connectivity index (χ4n) is 3.82. The van der Waals surface area contributed by atoms with Gasteiger partial charge in [-0.25, -0.2) is 0 Å². The van der Waals surface area contributed by atoms with Crippen molar-refractivity contribution in [3.8, 4) is 5.75 Å². The number of ether oxygens (including phenoxy) is 2. The van der Waals surface area contributed by atoms with Gasteiger partial charge in [0.1, 0.15) is 10.8 Å². The molecule has 154 valence electrons. The van der Waals surface area contributed by atoms with Crippen molar-refractivity contribution in [2.24, 2.45) is 0 Å². The second-order valence-corrected chi connectivity index (χ2v) is 8.52. The Labute approximate surface area is 174 Å². The summed E-state index contributed by atoms with van der Waals surface area (Å²) in [6, 6.07) is 9.22. The van der Waals surface area contributed by atoms with Gasteiger partial charge in [-0.15, -0.1) is 11.3 Å². The second-order valence-electron chi connectivity index (χ2n) is 7.41. The summed E-state index contributed by atoms with van der Waals surface area (Å²) in [6.45, 7) is 1.18. The maximum absolute atomic E-state index is 13.0. The van der Waals surface area contributed by atoms with Crippen molar-refractivity contribution in [1.29, 1.82) is 0 Å². The molecule has 0 radical (unpaired) electrons. The molecule has 2 aliphatic rings.